The lowest BCUT2D eigenvalue weighted by atomic mass is 9.87. The molecule has 51 heavy (non-hydrogen) atoms. The molecular weight excluding hydrogens is 652 g/mol. The lowest BCUT2D eigenvalue weighted by Crippen LogP contribution is -2.61. The van der Waals surface area contributed by atoms with Crippen LogP contribution in [0.5, 0.6) is 0 Å². The molecule has 13 nitrogen and oxygen atoms in total. The van der Waals surface area contributed by atoms with E-state index >= 15 is 0 Å². The van der Waals surface area contributed by atoms with Crippen LogP contribution in [0.4, 0.5) is 9.59 Å². The summed E-state index contributed by atoms with van der Waals surface area (Å²) in [7, 11) is 0. The van der Waals surface area contributed by atoms with E-state index in [1.165, 1.54) is 4.90 Å². The van der Waals surface area contributed by atoms with Crippen LogP contribution in [0.15, 0.2) is 24.3 Å². The van der Waals surface area contributed by atoms with Crippen LogP contribution in [0, 0.1) is 29.1 Å². The summed E-state index contributed by atoms with van der Waals surface area (Å²) in [5.41, 5.74) is 6.53. The molecule has 6 N–H and O–H groups in total. The molecule has 0 radical (unpaired) electrons. The number of ether oxygens (including phenoxy) is 1. The quantitative estimate of drug-likeness (QED) is 0.194. The minimum absolute atomic E-state index is 0.0285. The number of fused-ring (bicyclic) bond motifs is 1. The topological polar surface area (TPSA) is 189 Å². The van der Waals surface area contributed by atoms with E-state index in [1.54, 1.807) is 0 Å². The summed E-state index contributed by atoms with van der Waals surface area (Å²) in [6.07, 6.45) is 3.20. The van der Waals surface area contributed by atoms with E-state index in [0.29, 0.717) is 25.7 Å². The summed E-state index contributed by atoms with van der Waals surface area (Å²) in [5.74, 6) is -3.09. The lowest BCUT2D eigenvalue weighted by Gasteiger charge is -2.35. The summed E-state index contributed by atoms with van der Waals surface area (Å²) in [5, 5.41) is 11.5. The Morgan fingerprint density at radius 2 is 1.51 bits per heavy atom. The zero-order chi connectivity index (χ0) is 37.8. The average molecular weight is 711 g/mol. The maximum absolute atomic E-state index is 14.7. The third-order valence-electron chi connectivity index (χ3n) is 10.3. The van der Waals surface area contributed by atoms with Crippen molar-refractivity contribution >= 4 is 35.6 Å². The van der Waals surface area contributed by atoms with Gasteiger partial charge >= 0.3 is 12.1 Å². The van der Waals surface area contributed by atoms with E-state index in [0.717, 1.165) is 24.0 Å². The molecule has 3 aliphatic rings. The minimum atomic E-state index is -1.11. The van der Waals surface area contributed by atoms with E-state index in [2.05, 4.69) is 21.3 Å². The standard InChI is InChI=1S/C38H58N6O7/c1-21(2)26-15-16-44(30(26)33(47)40-27(17-22-13-14-22)31(45)32(39)46)34(48)29(25-18-23-11-9-10-12-24(23)19-25)42-35(49)41-28(37(3,4)5)20-51-36(50)43-38(6,7)8/h9-12,21-22,25-30H,13-20H2,1-8H3,(H2,39,46)(H,40,47)(H,43,50)(H2,41,42,49)/t26-,27?,28?,29?,30?/m1/s1. The maximum Gasteiger partial charge on any atom is 0.407 e. The van der Waals surface area contributed by atoms with E-state index < -0.39 is 64.8 Å². The Kier molecular flexibility index (Phi) is 12.4. The number of carbonyl (C=O) groups is 6. The van der Waals surface area contributed by atoms with Crippen LogP contribution in [0.25, 0.3) is 0 Å². The number of primary amides is 1. The normalized spacial score (nSPS) is 20.9. The molecule has 1 aromatic rings. The number of alkyl carbamates (subject to hydrolysis) is 1. The van der Waals surface area contributed by atoms with Gasteiger partial charge in [-0.1, -0.05) is 71.7 Å². The number of hydrogen-bond acceptors (Lipinski definition) is 7. The SMILES string of the molecule is CC(C)[C@H]1CCN(C(=O)C(NC(=O)NC(COC(=O)NC(C)(C)C)C(C)(C)C)C2Cc3ccccc3C2)C1C(=O)NC(CC1CC1)C(=O)C(N)=O. The van der Waals surface area contributed by atoms with Crippen molar-refractivity contribution in [1.29, 1.82) is 0 Å². The first-order valence-electron chi connectivity index (χ1n) is 18.3. The molecule has 2 aliphatic carbocycles. The Hall–Kier alpha value is -4.16. The highest BCUT2D eigenvalue weighted by Gasteiger charge is 2.48. The second-order valence-electron chi connectivity index (χ2n) is 17.1. The number of hydrogen-bond donors (Lipinski definition) is 5. The molecule has 1 aromatic carbocycles. The van der Waals surface area contributed by atoms with Crippen LogP contribution in [-0.4, -0.2) is 83.4 Å². The number of rotatable bonds is 13. The third kappa shape index (κ3) is 10.7. The predicted octanol–water partition coefficient (Wildman–Crippen LogP) is 3.22. The monoisotopic (exact) mass is 710 g/mol. The number of likely N-dealkylation sites (tertiary alicyclic amines) is 1. The Morgan fingerprint density at radius 1 is 0.902 bits per heavy atom. The maximum atomic E-state index is 14.7. The van der Waals surface area contributed by atoms with Gasteiger partial charge in [0.25, 0.3) is 5.91 Å². The highest BCUT2D eigenvalue weighted by molar-refractivity contribution is 6.37. The van der Waals surface area contributed by atoms with Crippen molar-refractivity contribution < 1.29 is 33.5 Å². The van der Waals surface area contributed by atoms with E-state index in [-0.39, 0.29) is 42.7 Å². The molecule has 1 aliphatic heterocycles. The van der Waals surface area contributed by atoms with Gasteiger partial charge in [0, 0.05) is 12.1 Å². The van der Waals surface area contributed by atoms with Gasteiger partial charge in [0.2, 0.25) is 17.6 Å². The van der Waals surface area contributed by atoms with E-state index in [1.807, 2.05) is 79.7 Å². The number of urea groups is 1. The second kappa shape index (κ2) is 16.0. The van der Waals surface area contributed by atoms with Crippen LogP contribution in [-0.2, 0) is 36.8 Å². The lowest BCUT2D eigenvalue weighted by molar-refractivity contribution is -0.143. The molecule has 4 rings (SSSR count). The van der Waals surface area contributed by atoms with Crippen molar-refractivity contribution in [3.05, 3.63) is 35.4 Å². The van der Waals surface area contributed by atoms with Gasteiger partial charge in [-0.15, -0.1) is 0 Å². The number of nitrogens with zero attached hydrogens (tertiary/aromatic N) is 1. The van der Waals surface area contributed by atoms with Crippen molar-refractivity contribution in [2.75, 3.05) is 13.2 Å². The summed E-state index contributed by atoms with van der Waals surface area (Å²) >= 11 is 0. The van der Waals surface area contributed by atoms with Crippen LogP contribution in [0.2, 0.25) is 0 Å². The fourth-order valence-electron chi connectivity index (χ4n) is 7.18. The first-order chi connectivity index (χ1) is 23.7. The fourth-order valence-corrected chi connectivity index (χ4v) is 7.18. The molecule has 1 saturated heterocycles. The first kappa shape index (κ1) is 39.6. The van der Waals surface area contributed by atoms with Crippen LogP contribution in [0.1, 0.15) is 92.2 Å². The molecule has 0 aromatic heterocycles. The zero-order valence-corrected chi connectivity index (χ0v) is 31.5. The number of amides is 6. The van der Waals surface area contributed by atoms with Crippen molar-refractivity contribution in [3.8, 4) is 0 Å². The number of nitrogens with one attached hydrogen (secondary N) is 4. The Morgan fingerprint density at radius 3 is 2.02 bits per heavy atom. The highest BCUT2D eigenvalue weighted by atomic mass is 16.5. The van der Waals surface area contributed by atoms with Gasteiger partial charge in [0.1, 0.15) is 18.7 Å². The van der Waals surface area contributed by atoms with Gasteiger partial charge in [0.05, 0.1) is 12.1 Å². The molecule has 1 heterocycles. The van der Waals surface area contributed by atoms with E-state index in [9.17, 15) is 28.8 Å². The van der Waals surface area contributed by atoms with E-state index in [4.69, 9.17) is 10.5 Å². The van der Waals surface area contributed by atoms with Gasteiger partial charge in [-0.05, 0) is 86.7 Å². The summed E-state index contributed by atoms with van der Waals surface area (Å²) < 4.78 is 5.48. The zero-order valence-electron chi connectivity index (χ0n) is 31.5. The second-order valence-corrected chi connectivity index (χ2v) is 17.1. The molecule has 6 amide bonds. The van der Waals surface area contributed by atoms with Crippen LogP contribution < -0.4 is 27.0 Å². The van der Waals surface area contributed by atoms with Gasteiger partial charge < -0.3 is 36.6 Å². The number of Topliss-reactive ketones (excluding diaryl/α,β-unsaturated/α-hetero) is 1. The molecule has 4 unspecified atom stereocenters. The Balaban J connectivity index is 1.58. The van der Waals surface area contributed by atoms with Crippen LogP contribution >= 0.6 is 0 Å². The predicted molar refractivity (Wildman–Crippen MR) is 192 cm³/mol. The van der Waals surface area contributed by atoms with Gasteiger partial charge in [-0.2, -0.15) is 0 Å². The largest absolute Gasteiger partial charge is 0.447 e. The fraction of sp³-hybridized carbons (Fsp3) is 0.684. The van der Waals surface area contributed by atoms with Gasteiger partial charge in [0.15, 0.2) is 0 Å². The van der Waals surface area contributed by atoms with Crippen molar-refractivity contribution in [1.82, 2.24) is 26.2 Å². The number of benzene rings is 1. The Labute approximate surface area is 301 Å². The van der Waals surface area contributed by atoms with Crippen molar-refractivity contribution in [2.24, 2.45) is 34.8 Å². The number of ketones is 1. The first-order valence-corrected chi connectivity index (χ1v) is 18.3. The molecule has 13 heteroatoms. The minimum Gasteiger partial charge on any atom is -0.447 e. The van der Waals surface area contributed by atoms with Crippen molar-refractivity contribution in [3.63, 3.8) is 0 Å². The Bertz CT molecular complexity index is 1450. The molecular formula is C38H58N6O7. The number of carbonyl (C=O) groups excluding carboxylic acids is 6. The molecule has 282 valence electrons. The van der Waals surface area contributed by atoms with Gasteiger partial charge in [-0.25, -0.2) is 9.59 Å². The van der Waals surface area contributed by atoms with Crippen molar-refractivity contribution in [2.45, 2.75) is 124 Å². The third-order valence-corrected chi connectivity index (χ3v) is 10.3. The van der Waals surface area contributed by atoms with Gasteiger partial charge in [-0.3, -0.25) is 19.2 Å². The molecule has 5 atom stereocenters. The molecule has 1 saturated carbocycles. The highest BCUT2D eigenvalue weighted by Crippen LogP contribution is 2.36. The van der Waals surface area contributed by atoms with Crippen LogP contribution in [0.3, 0.4) is 0 Å². The molecule has 0 spiro atoms. The summed E-state index contributed by atoms with van der Waals surface area (Å²) in [6, 6.07) is 3.78. The number of nitrogens with two attached hydrogens (primary N) is 1. The molecule has 2 fully saturated rings. The average Bonchev–Trinajstić information content (AvgIpc) is 3.55. The summed E-state index contributed by atoms with van der Waals surface area (Å²) in [4.78, 5) is 81.2. The smallest absolute Gasteiger partial charge is 0.407 e. The summed E-state index contributed by atoms with van der Waals surface area (Å²) in [6.45, 7) is 15.4. The molecule has 0 bridgehead atoms.